The Kier molecular flexibility index (Phi) is 5.64. The summed E-state index contributed by atoms with van der Waals surface area (Å²) in [6, 6.07) is 0.923. The SMILES string of the molecule is CCC1CCN(C(=O)NCc2sccc2Br)C(C(=O)O)C1. The molecule has 1 saturated heterocycles. The van der Waals surface area contributed by atoms with Crippen molar-refractivity contribution in [3.8, 4) is 0 Å². The summed E-state index contributed by atoms with van der Waals surface area (Å²) >= 11 is 4.97. The van der Waals surface area contributed by atoms with Gasteiger partial charge < -0.3 is 15.3 Å². The molecular formula is C14H19BrN2O3S. The van der Waals surface area contributed by atoms with E-state index in [0.29, 0.717) is 25.4 Å². The molecule has 0 bridgehead atoms. The lowest BCUT2D eigenvalue weighted by Crippen LogP contribution is -2.53. The lowest BCUT2D eigenvalue weighted by molar-refractivity contribution is -0.144. The first-order valence-corrected chi connectivity index (χ1v) is 8.69. The molecule has 2 N–H and O–H groups in total. The maximum atomic E-state index is 12.3. The topological polar surface area (TPSA) is 69.6 Å². The standard InChI is InChI=1S/C14H19BrN2O3S/c1-2-9-3-5-17(11(7-9)13(18)19)14(20)16-8-12-10(15)4-6-21-12/h4,6,9,11H,2-3,5,7-8H2,1H3,(H,16,20)(H,18,19). The predicted octanol–water partition coefficient (Wildman–Crippen LogP) is 3.30. The molecule has 2 atom stereocenters. The Morgan fingerprint density at radius 3 is 2.90 bits per heavy atom. The summed E-state index contributed by atoms with van der Waals surface area (Å²) < 4.78 is 0.965. The van der Waals surface area contributed by atoms with Crippen LogP contribution in [0.3, 0.4) is 0 Å². The van der Waals surface area contributed by atoms with E-state index in [1.54, 1.807) is 11.3 Å². The van der Waals surface area contributed by atoms with E-state index in [9.17, 15) is 14.7 Å². The molecule has 1 aliphatic heterocycles. The second-order valence-corrected chi connectivity index (χ2v) is 7.05. The summed E-state index contributed by atoms with van der Waals surface area (Å²) in [5.41, 5.74) is 0. The molecule has 0 aliphatic carbocycles. The van der Waals surface area contributed by atoms with E-state index in [0.717, 1.165) is 22.2 Å². The van der Waals surface area contributed by atoms with E-state index in [4.69, 9.17) is 0 Å². The number of urea groups is 1. The molecule has 2 rings (SSSR count). The first-order valence-electron chi connectivity index (χ1n) is 7.02. The molecule has 0 spiro atoms. The van der Waals surface area contributed by atoms with Crippen LogP contribution in [0.2, 0.25) is 0 Å². The van der Waals surface area contributed by atoms with Crippen LogP contribution in [0, 0.1) is 5.92 Å². The molecule has 2 heterocycles. The first kappa shape index (κ1) is 16.3. The number of thiophene rings is 1. The van der Waals surface area contributed by atoms with Crippen LogP contribution in [0.15, 0.2) is 15.9 Å². The predicted molar refractivity (Wildman–Crippen MR) is 85.4 cm³/mol. The molecule has 1 aromatic heterocycles. The minimum atomic E-state index is -0.916. The molecule has 2 amide bonds. The Morgan fingerprint density at radius 1 is 1.57 bits per heavy atom. The van der Waals surface area contributed by atoms with Crippen molar-refractivity contribution in [3.63, 3.8) is 0 Å². The molecule has 7 heteroatoms. The number of nitrogens with zero attached hydrogens (tertiary/aromatic N) is 1. The Bertz CT molecular complexity index is 520. The number of nitrogens with one attached hydrogen (secondary N) is 1. The number of carboxylic acid groups (broad SMARTS) is 1. The van der Waals surface area contributed by atoms with Gasteiger partial charge in [-0.1, -0.05) is 13.3 Å². The summed E-state index contributed by atoms with van der Waals surface area (Å²) in [4.78, 5) is 26.1. The third-order valence-electron chi connectivity index (χ3n) is 3.93. The number of piperidine rings is 1. The average Bonchev–Trinajstić information content (AvgIpc) is 2.89. The number of aliphatic carboxylic acids is 1. The highest BCUT2D eigenvalue weighted by Crippen LogP contribution is 2.26. The largest absolute Gasteiger partial charge is 0.480 e. The van der Waals surface area contributed by atoms with Gasteiger partial charge in [-0.3, -0.25) is 0 Å². The molecule has 116 valence electrons. The van der Waals surface area contributed by atoms with Gasteiger partial charge in [0.2, 0.25) is 0 Å². The zero-order valence-electron chi connectivity index (χ0n) is 11.8. The van der Waals surface area contributed by atoms with Gasteiger partial charge in [-0.2, -0.15) is 0 Å². The van der Waals surface area contributed by atoms with Gasteiger partial charge >= 0.3 is 12.0 Å². The van der Waals surface area contributed by atoms with Gasteiger partial charge in [0.05, 0.1) is 6.54 Å². The van der Waals surface area contributed by atoms with Crippen molar-refractivity contribution < 1.29 is 14.7 Å². The molecule has 0 saturated carbocycles. The van der Waals surface area contributed by atoms with Crippen molar-refractivity contribution in [1.29, 1.82) is 0 Å². The number of rotatable bonds is 4. The highest BCUT2D eigenvalue weighted by Gasteiger charge is 2.35. The van der Waals surface area contributed by atoms with Gasteiger partial charge in [-0.05, 0) is 46.1 Å². The summed E-state index contributed by atoms with van der Waals surface area (Å²) in [7, 11) is 0. The molecular weight excluding hydrogens is 356 g/mol. The summed E-state index contributed by atoms with van der Waals surface area (Å²) in [6.07, 6.45) is 2.37. The fourth-order valence-electron chi connectivity index (χ4n) is 2.60. The fourth-order valence-corrected chi connectivity index (χ4v) is 4.03. The molecule has 1 aliphatic rings. The van der Waals surface area contributed by atoms with Crippen molar-refractivity contribution in [2.75, 3.05) is 6.54 Å². The number of halogens is 1. The Morgan fingerprint density at radius 2 is 2.33 bits per heavy atom. The van der Waals surface area contributed by atoms with Crippen molar-refractivity contribution in [2.24, 2.45) is 5.92 Å². The smallest absolute Gasteiger partial charge is 0.326 e. The van der Waals surface area contributed by atoms with E-state index >= 15 is 0 Å². The zero-order chi connectivity index (χ0) is 15.4. The van der Waals surface area contributed by atoms with E-state index in [1.165, 1.54) is 4.90 Å². The Balaban J connectivity index is 1.97. The van der Waals surface area contributed by atoms with Crippen LogP contribution in [0.25, 0.3) is 0 Å². The van der Waals surface area contributed by atoms with Crippen LogP contribution < -0.4 is 5.32 Å². The Labute approximate surface area is 136 Å². The minimum Gasteiger partial charge on any atom is -0.480 e. The number of amides is 2. The van der Waals surface area contributed by atoms with Gasteiger partial charge in [0.1, 0.15) is 6.04 Å². The summed E-state index contributed by atoms with van der Waals surface area (Å²) in [5.74, 6) is -0.526. The van der Waals surface area contributed by atoms with Crippen LogP contribution >= 0.6 is 27.3 Å². The lowest BCUT2D eigenvalue weighted by Gasteiger charge is -2.36. The van der Waals surface area contributed by atoms with Crippen LogP contribution in [0.5, 0.6) is 0 Å². The van der Waals surface area contributed by atoms with E-state index in [1.807, 2.05) is 11.4 Å². The van der Waals surface area contributed by atoms with Gasteiger partial charge in [-0.25, -0.2) is 9.59 Å². The van der Waals surface area contributed by atoms with Crippen LogP contribution in [0.1, 0.15) is 31.1 Å². The maximum absolute atomic E-state index is 12.3. The molecule has 1 aromatic rings. The zero-order valence-corrected chi connectivity index (χ0v) is 14.2. The van der Waals surface area contributed by atoms with Crippen molar-refractivity contribution in [1.82, 2.24) is 10.2 Å². The summed E-state index contributed by atoms with van der Waals surface area (Å²) in [5, 5.41) is 14.1. The quantitative estimate of drug-likeness (QED) is 0.849. The van der Waals surface area contributed by atoms with Crippen molar-refractivity contribution in [2.45, 2.75) is 38.8 Å². The highest BCUT2D eigenvalue weighted by atomic mass is 79.9. The maximum Gasteiger partial charge on any atom is 0.326 e. The molecule has 1 fully saturated rings. The van der Waals surface area contributed by atoms with Gasteiger partial charge in [-0.15, -0.1) is 11.3 Å². The number of hydrogen-bond donors (Lipinski definition) is 2. The Hall–Kier alpha value is -1.08. The number of hydrogen-bond acceptors (Lipinski definition) is 3. The monoisotopic (exact) mass is 374 g/mol. The summed E-state index contributed by atoms with van der Waals surface area (Å²) in [6.45, 7) is 2.98. The second-order valence-electron chi connectivity index (χ2n) is 5.20. The molecule has 0 radical (unpaired) electrons. The fraction of sp³-hybridized carbons (Fsp3) is 0.571. The lowest BCUT2D eigenvalue weighted by atomic mass is 9.89. The molecule has 0 aromatic carbocycles. The van der Waals surface area contributed by atoms with E-state index in [-0.39, 0.29) is 6.03 Å². The van der Waals surface area contributed by atoms with Crippen molar-refractivity contribution in [3.05, 3.63) is 20.8 Å². The number of likely N-dealkylation sites (tertiary alicyclic amines) is 1. The second kappa shape index (κ2) is 7.26. The molecule has 21 heavy (non-hydrogen) atoms. The normalized spacial score (nSPS) is 22.1. The first-order chi connectivity index (χ1) is 10.0. The van der Waals surface area contributed by atoms with E-state index in [2.05, 4.69) is 28.2 Å². The van der Waals surface area contributed by atoms with Gasteiger partial charge in [0.25, 0.3) is 0 Å². The van der Waals surface area contributed by atoms with Crippen LogP contribution in [-0.2, 0) is 11.3 Å². The van der Waals surface area contributed by atoms with Gasteiger partial charge in [0.15, 0.2) is 0 Å². The third-order valence-corrected chi connectivity index (χ3v) is 5.85. The molecule has 5 nitrogen and oxygen atoms in total. The van der Waals surface area contributed by atoms with Gasteiger partial charge in [0, 0.05) is 15.9 Å². The van der Waals surface area contributed by atoms with Crippen LogP contribution in [-0.4, -0.2) is 34.6 Å². The average molecular weight is 375 g/mol. The third kappa shape index (κ3) is 3.97. The van der Waals surface area contributed by atoms with Crippen molar-refractivity contribution >= 4 is 39.3 Å². The number of carbonyl (C=O) groups is 2. The van der Waals surface area contributed by atoms with Crippen LogP contribution in [0.4, 0.5) is 4.79 Å². The number of carbonyl (C=O) groups excluding carboxylic acids is 1. The van der Waals surface area contributed by atoms with E-state index < -0.39 is 12.0 Å². The minimum absolute atomic E-state index is 0.294. The molecule has 2 unspecified atom stereocenters. The number of carboxylic acids is 1. The highest BCUT2D eigenvalue weighted by molar-refractivity contribution is 9.10.